The van der Waals surface area contributed by atoms with Gasteiger partial charge in [-0.3, -0.25) is 0 Å². The highest BCUT2D eigenvalue weighted by Crippen LogP contribution is 2.12. The average molecular weight is 135 g/mol. The van der Waals surface area contributed by atoms with Gasteiger partial charge >= 0.3 is 0 Å². The number of hydrogen-bond acceptors (Lipinski definition) is 0. The average Bonchev–Trinajstić information content (AvgIpc) is 2.44. The Kier molecular flexibility index (Phi) is 0.522. The number of aryl methyl sites for hydroxylation is 1. The van der Waals surface area contributed by atoms with Crippen LogP contribution in [0.15, 0.2) is 36.5 Å². The minimum atomic E-state index is -2.21. The highest BCUT2D eigenvalue weighted by molar-refractivity contribution is 5.79. The smallest absolute Gasteiger partial charge is 0.0645 e. The molecule has 0 bridgehead atoms. The van der Waals surface area contributed by atoms with Gasteiger partial charge in [0, 0.05) is 22.8 Å². The van der Waals surface area contributed by atoms with E-state index in [-0.39, 0.29) is 6.04 Å². The second kappa shape index (κ2) is 1.87. The first kappa shape index (κ1) is 2.79. The van der Waals surface area contributed by atoms with E-state index in [0.717, 1.165) is 4.57 Å². The van der Waals surface area contributed by atoms with Crippen LogP contribution in [0.3, 0.4) is 0 Å². The number of para-hydroxylation sites is 1. The molecule has 0 fully saturated rings. The second-order valence-electron chi connectivity index (χ2n) is 2.16. The van der Waals surface area contributed by atoms with E-state index in [1.54, 1.807) is 24.3 Å². The first-order valence-corrected chi connectivity index (χ1v) is 3.07. The maximum atomic E-state index is 7.59. The molecule has 0 saturated carbocycles. The largest absolute Gasteiger partial charge is 0.351 e. The van der Waals surface area contributed by atoms with E-state index in [4.69, 9.17) is 5.48 Å². The van der Waals surface area contributed by atoms with Gasteiger partial charge in [0.25, 0.3) is 0 Å². The molecule has 50 valence electrons. The van der Waals surface area contributed by atoms with Crippen molar-refractivity contribution in [1.82, 2.24) is 4.57 Å². The van der Waals surface area contributed by atoms with Crippen LogP contribution in [0.1, 0.15) is 5.48 Å². The van der Waals surface area contributed by atoms with Crippen molar-refractivity contribution in [2.24, 2.45) is 6.98 Å². The van der Waals surface area contributed by atoms with Gasteiger partial charge in [-0.05, 0) is 17.5 Å². The minimum absolute atomic E-state index is 0.247. The number of aromatic nitrogens is 1. The lowest BCUT2D eigenvalue weighted by Crippen LogP contribution is -1.81. The van der Waals surface area contributed by atoms with Gasteiger partial charge < -0.3 is 4.57 Å². The van der Waals surface area contributed by atoms with Crippen molar-refractivity contribution in [2.45, 2.75) is 0 Å². The molecule has 0 unspecified atom stereocenters. The predicted octanol–water partition coefficient (Wildman–Crippen LogP) is 2.18. The highest BCUT2D eigenvalue weighted by Gasteiger charge is 1.92. The van der Waals surface area contributed by atoms with Gasteiger partial charge in [0.2, 0.25) is 0 Å². The summed E-state index contributed by atoms with van der Waals surface area (Å²) in [5.41, 5.74) is 0.581. The monoisotopic (exact) mass is 135 g/mol. The molecule has 0 aliphatic rings. The Bertz CT molecular complexity index is 469. The number of nitrogens with zero attached hydrogens (tertiary/aromatic N) is 1. The van der Waals surface area contributed by atoms with Crippen molar-refractivity contribution in [3.8, 4) is 0 Å². The highest BCUT2D eigenvalue weighted by atomic mass is 14.9. The molecule has 1 heterocycles. The molecule has 2 aromatic rings. The van der Waals surface area contributed by atoms with Gasteiger partial charge in [0.05, 0.1) is 1.37 Å². The molecule has 0 amide bonds. The number of rotatable bonds is 0. The van der Waals surface area contributed by atoms with Crippen molar-refractivity contribution in [3.05, 3.63) is 36.5 Å². The third-order valence-corrected chi connectivity index (χ3v) is 1.51. The van der Waals surface area contributed by atoms with Crippen molar-refractivity contribution < 1.29 is 5.48 Å². The van der Waals surface area contributed by atoms with E-state index in [0.29, 0.717) is 10.9 Å². The second-order valence-corrected chi connectivity index (χ2v) is 2.16. The minimum Gasteiger partial charge on any atom is -0.351 e. The summed E-state index contributed by atoms with van der Waals surface area (Å²) in [6.07, 6.45) is 1.34. The van der Waals surface area contributed by atoms with Crippen LogP contribution in [0.25, 0.3) is 10.9 Å². The van der Waals surface area contributed by atoms with Crippen LogP contribution < -0.4 is 0 Å². The van der Waals surface area contributed by atoms with Gasteiger partial charge in [0.15, 0.2) is 0 Å². The molecule has 1 nitrogen and oxygen atoms in total. The molecule has 0 aliphatic heterocycles. The zero-order chi connectivity index (χ0) is 10.3. The molecule has 1 heteroatoms. The molecular weight excluding hydrogens is 122 g/mol. The van der Waals surface area contributed by atoms with Gasteiger partial charge in [-0.1, -0.05) is 18.2 Å². The molecule has 0 spiro atoms. The van der Waals surface area contributed by atoms with E-state index in [2.05, 4.69) is 0 Å². The van der Waals surface area contributed by atoms with Crippen molar-refractivity contribution in [1.29, 1.82) is 0 Å². The Hall–Kier alpha value is -1.24. The molecule has 10 heavy (non-hydrogen) atoms. The Morgan fingerprint density at radius 1 is 1.50 bits per heavy atom. The number of benzene rings is 1. The van der Waals surface area contributed by atoms with Crippen molar-refractivity contribution >= 4 is 10.9 Å². The van der Waals surface area contributed by atoms with Crippen LogP contribution in [-0.4, -0.2) is 4.57 Å². The van der Waals surface area contributed by atoms with E-state index < -0.39 is 6.98 Å². The molecule has 2 rings (SSSR count). The van der Waals surface area contributed by atoms with E-state index >= 15 is 0 Å². The van der Waals surface area contributed by atoms with Crippen LogP contribution in [0.5, 0.6) is 0 Å². The third kappa shape index (κ3) is 0.637. The fraction of sp³-hybridized carbons (Fsp3) is 0.111. The normalized spacial score (nSPS) is 17.6. The lowest BCUT2D eigenvalue weighted by atomic mass is 10.2. The number of fused-ring (bicyclic) bond motifs is 1. The summed E-state index contributed by atoms with van der Waals surface area (Å²) in [6.45, 7) is -2.21. The first-order valence-electron chi connectivity index (χ1n) is 5.07. The Labute approximate surface area is 65.5 Å². The molecule has 0 N–H and O–H groups in total. The van der Waals surface area contributed by atoms with E-state index in [9.17, 15) is 0 Å². The fourth-order valence-corrected chi connectivity index (χ4v) is 1.01. The maximum Gasteiger partial charge on any atom is 0.0645 e. The van der Waals surface area contributed by atoms with E-state index in [1.807, 2.05) is 0 Å². The summed E-state index contributed by atoms with van der Waals surface area (Å²) < 4.78 is 30.6. The van der Waals surface area contributed by atoms with E-state index in [1.165, 1.54) is 6.20 Å². The standard InChI is InChI=1S/C9H9N/c1-10-7-6-8-4-2-3-5-9(8)10/h2-7H,1H3/i1D3,6D. The maximum absolute atomic E-state index is 7.59. The summed E-state index contributed by atoms with van der Waals surface area (Å²) in [5, 5.41) is 0.670. The van der Waals surface area contributed by atoms with Crippen LogP contribution >= 0.6 is 0 Å². The molecular formula is C9H9N. The summed E-state index contributed by atoms with van der Waals surface area (Å²) >= 11 is 0. The first-order chi connectivity index (χ1) is 6.50. The molecule has 0 aliphatic carbocycles. The molecule has 1 aromatic carbocycles. The van der Waals surface area contributed by atoms with Crippen LogP contribution in [0.4, 0.5) is 0 Å². The van der Waals surface area contributed by atoms with Crippen LogP contribution in [0.2, 0.25) is 0 Å². The topological polar surface area (TPSA) is 4.93 Å². The Morgan fingerprint density at radius 2 is 2.40 bits per heavy atom. The van der Waals surface area contributed by atoms with Gasteiger partial charge in [-0.25, -0.2) is 0 Å². The summed E-state index contributed by atoms with van der Waals surface area (Å²) in [4.78, 5) is 0. The van der Waals surface area contributed by atoms with Crippen molar-refractivity contribution in [3.63, 3.8) is 0 Å². The van der Waals surface area contributed by atoms with Crippen LogP contribution in [0, 0.1) is 0 Å². The summed E-state index contributed by atoms with van der Waals surface area (Å²) in [6, 6.07) is 7.27. The van der Waals surface area contributed by atoms with Crippen molar-refractivity contribution in [2.75, 3.05) is 0 Å². The summed E-state index contributed by atoms with van der Waals surface area (Å²) in [5.74, 6) is 0. The lowest BCUT2D eigenvalue weighted by molar-refractivity contribution is 0.969. The van der Waals surface area contributed by atoms with Gasteiger partial charge in [-0.2, -0.15) is 0 Å². The van der Waals surface area contributed by atoms with Gasteiger partial charge in [0.1, 0.15) is 0 Å². The molecule has 0 radical (unpaired) electrons. The number of hydrogen-bond donors (Lipinski definition) is 0. The van der Waals surface area contributed by atoms with Crippen LogP contribution in [-0.2, 0) is 6.98 Å². The summed E-state index contributed by atoms with van der Waals surface area (Å²) in [7, 11) is 0. The fourth-order valence-electron chi connectivity index (χ4n) is 1.01. The van der Waals surface area contributed by atoms with Gasteiger partial charge in [-0.15, -0.1) is 0 Å². The zero-order valence-corrected chi connectivity index (χ0v) is 5.33. The lowest BCUT2D eigenvalue weighted by Gasteiger charge is -1.92. The Balaban J connectivity index is 2.80. The predicted molar refractivity (Wildman–Crippen MR) is 42.9 cm³/mol. The molecule has 1 aromatic heterocycles. The molecule has 0 atom stereocenters. The molecule has 0 saturated heterocycles. The Morgan fingerprint density at radius 3 is 3.30 bits per heavy atom. The third-order valence-electron chi connectivity index (χ3n) is 1.51. The SMILES string of the molecule is [2H]c1cn(C([2H])([2H])[2H])c2ccccc12. The zero-order valence-electron chi connectivity index (χ0n) is 9.33. The quantitative estimate of drug-likeness (QED) is 0.521.